The van der Waals surface area contributed by atoms with Crippen LogP contribution in [0.25, 0.3) is 11.4 Å². The molecule has 2 heterocycles. The number of ether oxygens (including phenoxy) is 2. The molecule has 2 aromatic rings. The number of tetrazole rings is 1. The first-order valence-electron chi connectivity index (χ1n) is 5.48. The van der Waals surface area contributed by atoms with Gasteiger partial charge < -0.3 is 9.47 Å². The van der Waals surface area contributed by atoms with E-state index in [1.807, 2.05) is 30.3 Å². The zero-order valence-electron chi connectivity index (χ0n) is 9.19. The van der Waals surface area contributed by atoms with E-state index < -0.39 is 0 Å². The molecule has 1 aliphatic rings. The number of hydrogen-bond acceptors (Lipinski definition) is 5. The summed E-state index contributed by atoms with van der Waals surface area (Å²) >= 11 is 0. The van der Waals surface area contributed by atoms with E-state index in [2.05, 4.69) is 15.4 Å². The van der Waals surface area contributed by atoms with Gasteiger partial charge >= 0.3 is 0 Å². The zero-order chi connectivity index (χ0) is 11.5. The Labute approximate surface area is 98.2 Å². The molecule has 1 unspecified atom stereocenters. The van der Waals surface area contributed by atoms with Crippen LogP contribution in [-0.4, -0.2) is 40.0 Å². The summed E-state index contributed by atoms with van der Waals surface area (Å²) in [7, 11) is 0. The lowest BCUT2D eigenvalue weighted by Gasteiger charge is -2.21. The average Bonchev–Trinajstić information content (AvgIpc) is 2.90. The van der Waals surface area contributed by atoms with Crippen LogP contribution in [0.5, 0.6) is 0 Å². The van der Waals surface area contributed by atoms with Gasteiger partial charge in [0.2, 0.25) is 5.82 Å². The van der Waals surface area contributed by atoms with Gasteiger partial charge in [-0.3, -0.25) is 0 Å². The fourth-order valence-corrected chi connectivity index (χ4v) is 1.66. The highest BCUT2D eigenvalue weighted by atomic mass is 16.6. The molecular weight excluding hydrogens is 220 g/mol. The molecule has 0 spiro atoms. The van der Waals surface area contributed by atoms with Gasteiger partial charge in [0.1, 0.15) is 0 Å². The molecule has 6 heteroatoms. The summed E-state index contributed by atoms with van der Waals surface area (Å²) in [6, 6.07) is 9.72. The van der Waals surface area contributed by atoms with Crippen LogP contribution >= 0.6 is 0 Å². The van der Waals surface area contributed by atoms with Gasteiger partial charge in [0.25, 0.3) is 0 Å². The lowest BCUT2D eigenvalue weighted by atomic mass is 10.2. The molecule has 6 nitrogen and oxygen atoms in total. The van der Waals surface area contributed by atoms with Crippen molar-refractivity contribution >= 4 is 0 Å². The summed E-state index contributed by atoms with van der Waals surface area (Å²) in [6.45, 7) is 1.65. The topological polar surface area (TPSA) is 62.1 Å². The second-order valence-electron chi connectivity index (χ2n) is 3.70. The van der Waals surface area contributed by atoms with E-state index in [4.69, 9.17) is 9.47 Å². The van der Waals surface area contributed by atoms with Crippen molar-refractivity contribution in [1.82, 2.24) is 20.2 Å². The molecule has 1 aromatic carbocycles. The highest BCUT2D eigenvalue weighted by Crippen LogP contribution is 2.15. The second kappa shape index (κ2) is 4.60. The molecular formula is C11H12N4O2. The molecule has 0 N–H and O–H groups in total. The Kier molecular flexibility index (Phi) is 2.81. The predicted octanol–water partition coefficient (Wildman–Crippen LogP) is 0.885. The van der Waals surface area contributed by atoms with E-state index in [1.165, 1.54) is 4.80 Å². The van der Waals surface area contributed by atoms with E-state index in [1.54, 1.807) is 0 Å². The molecule has 17 heavy (non-hydrogen) atoms. The van der Waals surface area contributed by atoms with Gasteiger partial charge in [-0.2, -0.15) is 0 Å². The first-order valence-corrected chi connectivity index (χ1v) is 5.48. The van der Waals surface area contributed by atoms with Crippen molar-refractivity contribution < 1.29 is 9.47 Å². The zero-order valence-corrected chi connectivity index (χ0v) is 9.19. The average molecular weight is 232 g/mol. The first kappa shape index (κ1) is 10.4. The van der Waals surface area contributed by atoms with Crippen LogP contribution in [0, 0.1) is 0 Å². The van der Waals surface area contributed by atoms with Gasteiger partial charge in [0.05, 0.1) is 19.8 Å². The Morgan fingerprint density at radius 1 is 1.18 bits per heavy atom. The molecule has 0 radical (unpaired) electrons. The third-order valence-electron chi connectivity index (χ3n) is 2.52. The summed E-state index contributed by atoms with van der Waals surface area (Å²) in [5.74, 6) is 0.597. The molecule has 3 rings (SSSR count). The second-order valence-corrected chi connectivity index (χ2v) is 3.70. The largest absolute Gasteiger partial charge is 0.374 e. The minimum Gasteiger partial charge on any atom is -0.374 e. The molecule has 1 atom stereocenters. The van der Waals surface area contributed by atoms with Gasteiger partial charge in [-0.15, -0.1) is 15.0 Å². The van der Waals surface area contributed by atoms with Crippen LogP contribution < -0.4 is 0 Å². The Balaban J connectivity index is 1.83. The maximum atomic E-state index is 5.49. The van der Waals surface area contributed by atoms with Crippen molar-refractivity contribution in [3.63, 3.8) is 0 Å². The van der Waals surface area contributed by atoms with Crippen LogP contribution in [0.3, 0.4) is 0 Å². The van der Waals surface area contributed by atoms with Crippen LogP contribution in [0.1, 0.15) is 6.23 Å². The highest BCUT2D eigenvalue weighted by Gasteiger charge is 2.19. The van der Waals surface area contributed by atoms with E-state index in [0.717, 1.165) is 5.56 Å². The van der Waals surface area contributed by atoms with Crippen molar-refractivity contribution in [3.8, 4) is 11.4 Å². The van der Waals surface area contributed by atoms with Crippen molar-refractivity contribution in [1.29, 1.82) is 0 Å². The van der Waals surface area contributed by atoms with E-state index in [9.17, 15) is 0 Å². The maximum Gasteiger partial charge on any atom is 0.205 e. The Morgan fingerprint density at radius 3 is 2.82 bits per heavy atom. The van der Waals surface area contributed by atoms with Crippen LogP contribution in [-0.2, 0) is 9.47 Å². The normalized spacial score (nSPS) is 20.4. The molecule has 1 fully saturated rings. The maximum absolute atomic E-state index is 5.49. The number of aromatic nitrogens is 4. The third kappa shape index (κ3) is 2.17. The van der Waals surface area contributed by atoms with Crippen molar-refractivity contribution in [3.05, 3.63) is 30.3 Å². The summed E-state index contributed by atoms with van der Waals surface area (Å²) in [5, 5.41) is 12.3. The van der Waals surface area contributed by atoms with Gasteiger partial charge in [-0.25, -0.2) is 0 Å². The number of hydrogen-bond donors (Lipinski definition) is 0. The lowest BCUT2D eigenvalue weighted by molar-refractivity contribution is -0.133. The minimum atomic E-state index is -0.270. The smallest absolute Gasteiger partial charge is 0.205 e. The molecule has 0 bridgehead atoms. The van der Waals surface area contributed by atoms with Gasteiger partial charge in [0.15, 0.2) is 6.23 Å². The van der Waals surface area contributed by atoms with Crippen molar-refractivity contribution in [2.75, 3.05) is 19.8 Å². The lowest BCUT2D eigenvalue weighted by Crippen LogP contribution is -2.28. The third-order valence-corrected chi connectivity index (χ3v) is 2.52. The van der Waals surface area contributed by atoms with E-state index >= 15 is 0 Å². The first-order chi connectivity index (χ1) is 8.43. The highest BCUT2D eigenvalue weighted by molar-refractivity contribution is 5.52. The van der Waals surface area contributed by atoms with Crippen LogP contribution in [0.15, 0.2) is 30.3 Å². The van der Waals surface area contributed by atoms with E-state index in [-0.39, 0.29) is 6.23 Å². The number of rotatable bonds is 2. The fourth-order valence-electron chi connectivity index (χ4n) is 1.66. The Bertz CT molecular complexity index is 479. The molecule has 0 amide bonds. The van der Waals surface area contributed by atoms with Crippen LogP contribution in [0.2, 0.25) is 0 Å². The summed E-state index contributed by atoms with van der Waals surface area (Å²) < 4.78 is 10.8. The quantitative estimate of drug-likeness (QED) is 0.769. The Morgan fingerprint density at radius 2 is 2.06 bits per heavy atom. The van der Waals surface area contributed by atoms with Crippen LogP contribution in [0.4, 0.5) is 0 Å². The standard InChI is InChI=1S/C11H12N4O2/c1-2-4-9(5-3-1)11-12-14-15(13-11)10-8-16-6-7-17-10/h1-5,10H,6-8H2. The molecule has 1 saturated heterocycles. The molecule has 88 valence electrons. The summed E-state index contributed by atoms with van der Waals surface area (Å²) in [5.41, 5.74) is 0.940. The van der Waals surface area contributed by atoms with Crippen molar-refractivity contribution in [2.45, 2.75) is 6.23 Å². The molecule has 1 aliphatic heterocycles. The Hall–Kier alpha value is -1.79. The fraction of sp³-hybridized carbons (Fsp3) is 0.364. The van der Waals surface area contributed by atoms with Crippen molar-refractivity contribution in [2.24, 2.45) is 0 Å². The molecule has 0 aliphatic carbocycles. The van der Waals surface area contributed by atoms with Gasteiger partial charge in [0, 0.05) is 5.56 Å². The summed E-state index contributed by atoms with van der Waals surface area (Å²) in [6.07, 6.45) is -0.270. The SMILES string of the molecule is c1ccc(-c2nnn(C3COCCO3)n2)cc1. The minimum absolute atomic E-state index is 0.270. The predicted molar refractivity (Wildman–Crippen MR) is 59.1 cm³/mol. The number of nitrogens with zero attached hydrogens (tertiary/aromatic N) is 4. The molecule has 1 aromatic heterocycles. The van der Waals surface area contributed by atoms with E-state index in [0.29, 0.717) is 25.6 Å². The summed E-state index contributed by atoms with van der Waals surface area (Å²) in [4.78, 5) is 1.46. The molecule has 0 saturated carbocycles. The van der Waals surface area contributed by atoms with Gasteiger partial charge in [-0.05, 0) is 5.21 Å². The number of benzene rings is 1. The van der Waals surface area contributed by atoms with Gasteiger partial charge in [-0.1, -0.05) is 30.3 Å². The monoisotopic (exact) mass is 232 g/mol.